The predicted molar refractivity (Wildman–Crippen MR) is 82.2 cm³/mol. The van der Waals surface area contributed by atoms with Gasteiger partial charge in [0.2, 0.25) is 0 Å². The molecular formula is C14H14BrN3O2. The van der Waals surface area contributed by atoms with Crippen LogP contribution in [0.4, 0.5) is 17.2 Å². The summed E-state index contributed by atoms with van der Waals surface area (Å²) in [6.45, 7) is 2.00. The largest absolute Gasteiger partial charge is 0.465 e. The maximum atomic E-state index is 11.6. The number of pyridine rings is 1. The first-order chi connectivity index (χ1) is 9.51. The first kappa shape index (κ1) is 14.3. The molecule has 0 saturated carbocycles. The first-order valence-electron chi connectivity index (χ1n) is 5.88. The molecule has 2 rings (SSSR count). The molecule has 2 aromatic rings. The van der Waals surface area contributed by atoms with E-state index in [2.05, 4.69) is 31.0 Å². The Hall–Kier alpha value is -2.08. The third-order valence-electron chi connectivity index (χ3n) is 2.78. The second-order valence-corrected chi connectivity index (χ2v) is 5.09. The third kappa shape index (κ3) is 3.08. The van der Waals surface area contributed by atoms with Crippen LogP contribution in [0.2, 0.25) is 0 Å². The van der Waals surface area contributed by atoms with Crippen LogP contribution < -0.4 is 11.1 Å². The van der Waals surface area contributed by atoms with E-state index in [1.54, 1.807) is 6.07 Å². The number of aromatic nitrogens is 1. The summed E-state index contributed by atoms with van der Waals surface area (Å²) in [5.74, 6) is 0.0355. The number of anilines is 3. The highest BCUT2D eigenvalue weighted by Gasteiger charge is 2.11. The average Bonchev–Trinajstić information content (AvgIpc) is 2.44. The fourth-order valence-electron chi connectivity index (χ4n) is 1.64. The van der Waals surface area contributed by atoms with Crippen molar-refractivity contribution < 1.29 is 9.53 Å². The third-order valence-corrected chi connectivity index (χ3v) is 3.64. The molecule has 1 aromatic carbocycles. The number of carbonyl (C=O) groups excluding carboxylic acids is 1. The second kappa shape index (κ2) is 5.92. The Morgan fingerprint density at radius 1 is 1.40 bits per heavy atom. The maximum Gasteiger partial charge on any atom is 0.340 e. The van der Waals surface area contributed by atoms with E-state index < -0.39 is 5.97 Å². The smallest absolute Gasteiger partial charge is 0.340 e. The van der Waals surface area contributed by atoms with E-state index in [9.17, 15) is 4.79 Å². The van der Waals surface area contributed by atoms with Crippen molar-refractivity contribution in [1.29, 1.82) is 0 Å². The molecular weight excluding hydrogens is 322 g/mol. The lowest BCUT2D eigenvalue weighted by Gasteiger charge is -2.09. The van der Waals surface area contributed by atoms with Crippen LogP contribution in [0.5, 0.6) is 0 Å². The highest BCUT2D eigenvalue weighted by Crippen LogP contribution is 2.24. The number of nitrogens with zero attached hydrogens (tertiary/aromatic N) is 1. The number of methoxy groups -OCH3 is 1. The molecule has 0 aliphatic heterocycles. The second-order valence-electron chi connectivity index (χ2n) is 4.24. The van der Waals surface area contributed by atoms with E-state index in [4.69, 9.17) is 5.73 Å². The van der Waals surface area contributed by atoms with Crippen molar-refractivity contribution in [3.8, 4) is 0 Å². The molecule has 1 heterocycles. The number of hydrogen-bond donors (Lipinski definition) is 2. The van der Waals surface area contributed by atoms with E-state index in [1.165, 1.54) is 13.3 Å². The number of nitrogens with one attached hydrogen (secondary N) is 1. The zero-order valence-electron chi connectivity index (χ0n) is 11.1. The summed E-state index contributed by atoms with van der Waals surface area (Å²) in [6, 6.07) is 7.40. The Bertz CT molecular complexity index is 659. The van der Waals surface area contributed by atoms with Crippen molar-refractivity contribution in [3.63, 3.8) is 0 Å². The van der Waals surface area contributed by atoms with Gasteiger partial charge in [-0.05, 0) is 30.7 Å². The molecule has 0 radical (unpaired) electrons. The molecule has 5 nitrogen and oxygen atoms in total. The van der Waals surface area contributed by atoms with E-state index in [-0.39, 0.29) is 11.3 Å². The van der Waals surface area contributed by atoms with Crippen LogP contribution in [0.25, 0.3) is 0 Å². The van der Waals surface area contributed by atoms with Gasteiger partial charge in [0.05, 0.1) is 24.6 Å². The molecule has 0 aliphatic carbocycles. The number of esters is 1. The Morgan fingerprint density at radius 2 is 2.15 bits per heavy atom. The lowest BCUT2D eigenvalue weighted by molar-refractivity contribution is 0.0602. The monoisotopic (exact) mass is 335 g/mol. The summed E-state index contributed by atoms with van der Waals surface area (Å²) >= 11 is 3.47. The normalized spacial score (nSPS) is 10.2. The Labute approximate surface area is 125 Å². The van der Waals surface area contributed by atoms with Crippen molar-refractivity contribution in [3.05, 3.63) is 46.1 Å². The summed E-state index contributed by atoms with van der Waals surface area (Å²) in [4.78, 5) is 15.7. The number of carbonyl (C=O) groups is 1. The van der Waals surface area contributed by atoms with Crippen LogP contribution >= 0.6 is 15.9 Å². The number of aryl methyl sites for hydroxylation is 1. The SMILES string of the molecule is COC(=O)c1cc(Nc2ccc(C)c(Br)c2)ncc1N. The van der Waals surface area contributed by atoms with Gasteiger partial charge in [0.25, 0.3) is 0 Å². The van der Waals surface area contributed by atoms with Crippen LogP contribution in [0.15, 0.2) is 34.9 Å². The number of nitrogen functional groups attached to an aromatic ring is 1. The Morgan fingerprint density at radius 3 is 2.80 bits per heavy atom. The Kier molecular flexibility index (Phi) is 4.24. The number of benzene rings is 1. The maximum absolute atomic E-state index is 11.6. The minimum Gasteiger partial charge on any atom is -0.465 e. The Balaban J connectivity index is 2.29. The predicted octanol–water partition coefficient (Wildman–Crippen LogP) is 3.26. The number of nitrogens with two attached hydrogens (primary N) is 1. The molecule has 0 spiro atoms. The van der Waals surface area contributed by atoms with Gasteiger partial charge in [-0.2, -0.15) is 0 Å². The molecule has 6 heteroatoms. The van der Waals surface area contributed by atoms with Gasteiger partial charge in [0.15, 0.2) is 0 Å². The average molecular weight is 336 g/mol. The van der Waals surface area contributed by atoms with Crippen molar-refractivity contribution in [2.45, 2.75) is 6.92 Å². The molecule has 1 aromatic heterocycles. The van der Waals surface area contributed by atoms with E-state index >= 15 is 0 Å². The lowest BCUT2D eigenvalue weighted by atomic mass is 10.2. The molecule has 20 heavy (non-hydrogen) atoms. The molecule has 0 fully saturated rings. The molecule has 0 amide bonds. The van der Waals surface area contributed by atoms with Gasteiger partial charge in [-0.25, -0.2) is 9.78 Å². The van der Waals surface area contributed by atoms with Crippen LogP contribution in [0.3, 0.4) is 0 Å². The van der Waals surface area contributed by atoms with Crippen molar-refractivity contribution >= 4 is 39.1 Å². The number of halogens is 1. The van der Waals surface area contributed by atoms with Crippen LogP contribution in [0.1, 0.15) is 15.9 Å². The molecule has 3 N–H and O–H groups in total. The van der Waals surface area contributed by atoms with Crippen molar-refractivity contribution in [1.82, 2.24) is 4.98 Å². The molecule has 104 valence electrons. The van der Waals surface area contributed by atoms with Crippen molar-refractivity contribution in [2.75, 3.05) is 18.2 Å². The standard InChI is InChI=1S/C14H14BrN3O2/c1-8-3-4-9(5-11(8)15)18-13-6-10(14(19)20-2)12(16)7-17-13/h3-7H,16H2,1-2H3,(H,17,18). The lowest BCUT2D eigenvalue weighted by Crippen LogP contribution is -2.07. The van der Waals surface area contributed by atoms with Gasteiger partial charge in [-0.3, -0.25) is 0 Å². The van der Waals surface area contributed by atoms with Crippen LogP contribution in [-0.2, 0) is 4.74 Å². The van der Waals surface area contributed by atoms with Gasteiger partial charge in [0, 0.05) is 10.2 Å². The van der Waals surface area contributed by atoms with Gasteiger partial charge in [-0.1, -0.05) is 22.0 Å². The summed E-state index contributed by atoms with van der Waals surface area (Å²) in [6.07, 6.45) is 1.43. The summed E-state index contributed by atoms with van der Waals surface area (Å²) in [7, 11) is 1.31. The van der Waals surface area contributed by atoms with Crippen molar-refractivity contribution in [2.24, 2.45) is 0 Å². The minimum atomic E-state index is -0.488. The van der Waals surface area contributed by atoms with Gasteiger partial charge >= 0.3 is 5.97 Å². The molecule has 0 saturated heterocycles. The highest BCUT2D eigenvalue weighted by atomic mass is 79.9. The topological polar surface area (TPSA) is 77.2 Å². The summed E-state index contributed by atoms with van der Waals surface area (Å²) in [5, 5.41) is 3.11. The van der Waals surface area contributed by atoms with Crippen LogP contribution in [-0.4, -0.2) is 18.1 Å². The fourth-order valence-corrected chi connectivity index (χ4v) is 2.02. The van der Waals surface area contributed by atoms with Gasteiger partial charge in [-0.15, -0.1) is 0 Å². The van der Waals surface area contributed by atoms with Gasteiger partial charge in [0.1, 0.15) is 5.82 Å². The van der Waals surface area contributed by atoms with Gasteiger partial charge < -0.3 is 15.8 Å². The zero-order valence-corrected chi connectivity index (χ0v) is 12.7. The zero-order chi connectivity index (χ0) is 14.7. The van der Waals surface area contributed by atoms with E-state index in [1.807, 2.05) is 25.1 Å². The van der Waals surface area contributed by atoms with E-state index in [0.29, 0.717) is 5.82 Å². The van der Waals surface area contributed by atoms with E-state index in [0.717, 1.165) is 15.7 Å². The molecule has 0 bridgehead atoms. The molecule has 0 atom stereocenters. The molecule has 0 unspecified atom stereocenters. The fraction of sp³-hybridized carbons (Fsp3) is 0.143. The number of ether oxygens (including phenoxy) is 1. The quantitative estimate of drug-likeness (QED) is 0.842. The summed E-state index contributed by atoms with van der Waals surface area (Å²) in [5.41, 5.74) is 8.27. The summed E-state index contributed by atoms with van der Waals surface area (Å²) < 4.78 is 5.67. The minimum absolute atomic E-state index is 0.285. The number of hydrogen-bond acceptors (Lipinski definition) is 5. The first-order valence-corrected chi connectivity index (χ1v) is 6.67. The van der Waals surface area contributed by atoms with Crippen LogP contribution in [0, 0.1) is 6.92 Å². The highest BCUT2D eigenvalue weighted by molar-refractivity contribution is 9.10. The molecule has 0 aliphatic rings. The number of rotatable bonds is 3.